The number of carbonyl (C=O) groups is 4. The number of rotatable bonds is 17. The minimum Gasteiger partial charge on any atom is -0.480 e. The highest BCUT2D eigenvalue weighted by molar-refractivity contribution is 5.94. The lowest BCUT2D eigenvalue weighted by atomic mass is 9.96. The van der Waals surface area contributed by atoms with Gasteiger partial charge >= 0.3 is 5.97 Å². The number of nitrogens with one attached hydrogen (secondary N) is 3. The number of amides is 3. The molecule has 0 aliphatic rings. The first-order valence-electron chi connectivity index (χ1n) is 13.3. The fraction of sp³-hybridized carbons (Fsp3) is 0.593. The van der Waals surface area contributed by atoms with E-state index < -0.39 is 47.9 Å². The van der Waals surface area contributed by atoms with Gasteiger partial charge in [0.15, 0.2) is 5.96 Å². The van der Waals surface area contributed by atoms with Crippen molar-refractivity contribution >= 4 is 29.7 Å². The molecule has 0 heterocycles. The number of nitrogens with two attached hydrogens (primary N) is 3. The van der Waals surface area contributed by atoms with E-state index in [2.05, 4.69) is 20.9 Å². The normalized spacial score (nSPS) is 14.8. The van der Waals surface area contributed by atoms with Crippen LogP contribution in [0.25, 0.3) is 0 Å². The molecule has 0 saturated carbocycles. The number of carbonyl (C=O) groups excluding carboxylic acids is 3. The predicted molar refractivity (Wildman–Crippen MR) is 150 cm³/mol. The number of guanidine groups is 1. The van der Waals surface area contributed by atoms with E-state index >= 15 is 0 Å². The molecule has 0 spiro atoms. The second-order valence-corrected chi connectivity index (χ2v) is 10.2. The molecule has 12 heteroatoms. The lowest BCUT2D eigenvalue weighted by Gasteiger charge is -2.28. The van der Waals surface area contributed by atoms with Crippen molar-refractivity contribution in [3.05, 3.63) is 35.9 Å². The van der Waals surface area contributed by atoms with Crippen LogP contribution in [-0.4, -0.2) is 65.5 Å². The Labute approximate surface area is 230 Å². The monoisotopic (exact) mass is 547 g/mol. The molecule has 218 valence electrons. The van der Waals surface area contributed by atoms with Crippen molar-refractivity contribution in [3.8, 4) is 0 Å². The van der Waals surface area contributed by atoms with Crippen molar-refractivity contribution in [2.24, 2.45) is 34.0 Å². The number of hydrogen-bond donors (Lipinski definition) is 7. The van der Waals surface area contributed by atoms with Crippen LogP contribution >= 0.6 is 0 Å². The summed E-state index contributed by atoms with van der Waals surface area (Å²) < 4.78 is 0. The van der Waals surface area contributed by atoms with Crippen LogP contribution in [-0.2, 0) is 25.6 Å². The number of benzene rings is 1. The van der Waals surface area contributed by atoms with Gasteiger partial charge in [-0.1, -0.05) is 64.4 Å². The van der Waals surface area contributed by atoms with Crippen LogP contribution in [0.15, 0.2) is 35.3 Å². The molecule has 0 fully saturated rings. The third kappa shape index (κ3) is 12.6. The Morgan fingerprint density at radius 1 is 0.923 bits per heavy atom. The zero-order valence-electron chi connectivity index (χ0n) is 23.4. The molecule has 1 rings (SSSR count). The van der Waals surface area contributed by atoms with Crippen molar-refractivity contribution < 1.29 is 24.3 Å². The SMILES string of the molecule is CCC(C)C(NC(=O)C(N)Cc1ccccc1)C(=O)NC(CCCN=C(N)N)C(=O)NC(CC(C)C)C(=O)O. The number of carboxylic acid groups (broad SMARTS) is 1. The van der Waals surface area contributed by atoms with Gasteiger partial charge in [-0.2, -0.15) is 0 Å². The smallest absolute Gasteiger partial charge is 0.326 e. The number of aliphatic imine (C=N–C) groups is 1. The number of nitrogens with zero attached hydrogens (tertiary/aromatic N) is 1. The van der Waals surface area contributed by atoms with E-state index in [-0.39, 0.29) is 37.2 Å². The van der Waals surface area contributed by atoms with Crippen LogP contribution in [0.1, 0.15) is 58.9 Å². The van der Waals surface area contributed by atoms with Crippen molar-refractivity contribution in [3.63, 3.8) is 0 Å². The molecule has 0 saturated heterocycles. The molecule has 1 aromatic rings. The third-order valence-electron chi connectivity index (χ3n) is 6.33. The molecule has 3 amide bonds. The van der Waals surface area contributed by atoms with Gasteiger partial charge in [0.2, 0.25) is 17.7 Å². The number of aliphatic carboxylic acids is 1. The van der Waals surface area contributed by atoms with Gasteiger partial charge in [0, 0.05) is 6.54 Å². The Morgan fingerprint density at radius 3 is 2.08 bits per heavy atom. The molecule has 39 heavy (non-hydrogen) atoms. The highest BCUT2D eigenvalue weighted by Crippen LogP contribution is 2.12. The molecule has 0 aliphatic heterocycles. The summed E-state index contributed by atoms with van der Waals surface area (Å²) in [6, 6.07) is 5.28. The molecular weight excluding hydrogens is 502 g/mol. The molecule has 0 bridgehead atoms. The number of carboxylic acids is 1. The van der Waals surface area contributed by atoms with Gasteiger partial charge in [-0.3, -0.25) is 19.4 Å². The minimum absolute atomic E-state index is 0.0198. The maximum Gasteiger partial charge on any atom is 0.326 e. The Kier molecular flexibility index (Phi) is 14.6. The lowest BCUT2D eigenvalue weighted by molar-refractivity contribution is -0.143. The van der Waals surface area contributed by atoms with Crippen LogP contribution < -0.4 is 33.2 Å². The summed E-state index contributed by atoms with van der Waals surface area (Å²) in [5.41, 5.74) is 17.7. The van der Waals surface area contributed by atoms with Crippen LogP contribution in [0.3, 0.4) is 0 Å². The second-order valence-electron chi connectivity index (χ2n) is 10.2. The quantitative estimate of drug-likeness (QED) is 0.0812. The molecular formula is C27H45N7O5. The zero-order valence-corrected chi connectivity index (χ0v) is 23.4. The van der Waals surface area contributed by atoms with Crippen molar-refractivity contribution in [2.75, 3.05) is 6.54 Å². The number of hydrogen-bond acceptors (Lipinski definition) is 6. The van der Waals surface area contributed by atoms with Gasteiger partial charge in [0.05, 0.1) is 6.04 Å². The maximum atomic E-state index is 13.4. The van der Waals surface area contributed by atoms with E-state index in [0.29, 0.717) is 19.3 Å². The molecule has 5 atom stereocenters. The van der Waals surface area contributed by atoms with Gasteiger partial charge in [-0.25, -0.2) is 4.79 Å². The minimum atomic E-state index is -1.17. The van der Waals surface area contributed by atoms with Crippen molar-refractivity contribution in [1.82, 2.24) is 16.0 Å². The van der Waals surface area contributed by atoms with Crippen LogP contribution in [0.4, 0.5) is 0 Å². The first-order valence-corrected chi connectivity index (χ1v) is 13.3. The summed E-state index contributed by atoms with van der Waals surface area (Å²) in [5.74, 6) is -3.22. The Bertz CT molecular complexity index is 967. The summed E-state index contributed by atoms with van der Waals surface area (Å²) in [6.07, 6.45) is 1.59. The highest BCUT2D eigenvalue weighted by atomic mass is 16.4. The molecule has 12 nitrogen and oxygen atoms in total. The third-order valence-corrected chi connectivity index (χ3v) is 6.33. The average molecular weight is 548 g/mol. The molecule has 0 aromatic heterocycles. The summed E-state index contributed by atoms with van der Waals surface area (Å²) in [7, 11) is 0. The molecule has 1 aromatic carbocycles. The standard InChI is InChI=1S/C27H45N7O5/c1-5-17(4)22(34-23(35)19(28)15-18-10-7-6-8-11-18)25(37)32-20(12-9-13-31-27(29)30)24(36)33-21(26(38)39)14-16(2)3/h6-8,10-11,16-17,19-22H,5,9,12-15,28H2,1-4H3,(H,32,37)(H,33,36)(H,34,35)(H,38,39)(H4,29,30,31). The van der Waals surface area contributed by atoms with E-state index in [4.69, 9.17) is 17.2 Å². The largest absolute Gasteiger partial charge is 0.480 e. The fourth-order valence-electron chi connectivity index (χ4n) is 3.92. The molecule has 10 N–H and O–H groups in total. The summed E-state index contributed by atoms with van der Waals surface area (Å²) in [6.45, 7) is 7.60. The van der Waals surface area contributed by atoms with E-state index in [0.717, 1.165) is 5.56 Å². The van der Waals surface area contributed by atoms with Gasteiger partial charge in [0.25, 0.3) is 0 Å². The van der Waals surface area contributed by atoms with Gasteiger partial charge in [-0.15, -0.1) is 0 Å². The molecule has 0 radical (unpaired) electrons. The Balaban J connectivity index is 3.04. The topological polar surface area (TPSA) is 215 Å². The second kappa shape index (κ2) is 17.0. The van der Waals surface area contributed by atoms with E-state index in [1.165, 1.54) is 0 Å². The van der Waals surface area contributed by atoms with E-state index in [9.17, 15) is 24.3 Å². The van der Waals surface area contributed by atoms with Gasteiger partial charge < -0.3 is 38.3 Å². The lowest BCUT2D eigenvalue weighted by Crippen LogP contribution is -2.58. The van der Waals surface area contributed by atoms with Gasteiger partial charge in [-0.05, 0) is 43.1 Å². The summed E-state index contributed by atoms with van der Waals surface area (Å²) in [4.78, 5) is 55.0. The van der Waals surface area contributed by atoms with Crippen LogP contribution in [0.2, 0.25) is 0 Å². The fourth-order valence-corrected chi connectivity index (χ4v) is 3.92. The maximum absolute atomic E-state index is 13.4. The van der Waals surface area contributed by atoms with Gasteiger partial charge in [0.1, 0.15) is 18.1 Å². The van der Waals surface area contributed by atoms with E-state index in [1.54, 1.807) is 0 Å². The summed E-state index contributed by atoms with van der Waals surface area (Å²) in [5, 5.41) is 17.5. The van der Waals surface area contributed by atoms with E-state index in [1.807, 2.05) is 58.0 Å². The van der Waals surface area contributed by atoms with Crippen molar-refractivity contribution in [1.29, 1.82) is 0 Å². The molecule has 5 unspecified atom stereocenters. The zero-order chi connectivity index (χ0) is 29.5. The van der Waals surface area contributed by atoms with Crippen LogP contribution in [0.5, 0.6) is 0 Å². The molecule has 0 aliphatic carbocycles. The first-order chi connectivity index (χ1) is 18.3. The Morgan fingerprint density at radius 2 is 1.54 bits per heavy atom. The van der Waals surface area contributed by atoms with Crippen LogP contribution in [0, 0.1) is 11.8 Å². The highest BCUT2D eigenvalue weighted by Gasteiger charge is 2.32. The Hall–Kier alpha value is -3.67. The summed E-state index contributed by atoms with van der Waals surface area (Å²) >= 11 is 0. The average Bonchev–Trinajstić information content (AvgIpc) is 2.87. The van der Waals surface area contributed by atoms with Crippen molar-refractivity contribution in [2.45, 2.75) is 84.0 Å². The predicted octanol–water partition coefficient (Wildman–Crippen LogP) is 0.241. The first kappa shape index (κ1) is 33.4.